The molecule has 0 aliphatic heterocycles. The van der Waals surface area contributed by atoms with Crippen molar-refractivity contribution in [2.45, 2.75) is 44.4 Å². The van der Waals surface area contributed by atoms with Crippen molar-refractivity contribution in [3.63, 3.8) is 0 Å². The highest BCUT2D eigenvalue weighted by molar-refractivity contribution is 7.89. The van der Waals surface area contributed by atoms with Gasteiger partial charge in [-0.3, -0.25) is 4.79 Å². The number of amides is 1. The van der Waals surface area contributed by atoms with Crippen LogP contribution in [0.25, 0.3) is 0 Å². The predicted octanol–water partition coefficient (Wildman–Crippen LogP) is 4.08. The lowest BCUT2D eigenvalue weighted by atomic mass is 10.1. The summed E-state index contributed by atoms with van der Waals surface area (Å²) in [6.07, 6.45) is 3.45. The molecule has 0 radical (unpaired) electrons. The van der Waals surface area contributed by atoms with E-state index < -0.39 is 10.0 Å². The zero-order chi connectivity index (χ0) is 21.3. The summed E-state index contributed by atoms with van der Waals surface area (Å²) >= 11 is 0. The van der Waals surface area contributed by atoms with Crippen molar-refractivity contribution >= 4 is 21.6 Å². The van der Waals surface area contributed by atoms with E-state index in [1.54, 1.807) is 35.7 Å². The van der Waals surface area contributed by atoms with Gasteiger partial charge in [0.2, 0.25) is 15.9 Å². The summed E-state index contributed by atoms with van der Waals surface area (Å²) in [6.45, 7) is 4.40. The van der Waals surface area contributed by atoms with E-state index in [1.807, 2.05) is 24.3 Å². The predicted molar refractivity (Wildman–Crippen MR) is 116 cm³/mol. The molecule has 0 unspecified atom stereocenters. The average molecular weight is 419 g/mol. The summed E-state index contributed by atoms with van der Waals surface area (Å²) in [5.74, 6) is 0.585. The number of carbonyl (C=O) groups excluding carboxylic acids is 1. The molecule has 2 aromatic carbocycles. The zero-order valence-electron chi connectivity index (χ0n) is 17.3. The van der Waals surface area contributed by atoms with E-state index in [0.717, 1.165) is 30.6 Å². The summed E-state index contributed by atoms with van der Waals surface area (Å²) in [6, 6.07) is 14.0. The second-order valence-electron chi connectivity index (χ2n) is 6.91. The third kappa shape index (κ3) is 6.87. The Hall–Kier alpha value is -2.38. The van der Waals surface area contributed by atoms with Crippen LogP contribution in [0, 0.1) is 0 Å². The first-order valence-corrected chi connectivity index (χ1v) is 11.3. The van der Waals surface area contributed by atoms with E-state index in [2.05, 4.69) is 12.2 Å². The van der Waals surface area contributed by atoms with Gasteiger partial charge in [-0.25, -0.2) is 8.42 Å². The number of sulfonamides is 1. The van der Waals surface area contributed by atoms with Crippen LogP contribution in [-0.4, -0.2) is 38.8 Å². The van der Waals surface area contributed by atoms with Gasteiger partial charge in [0.25, 0.3) is 0 Å². The fourth-order valence-corrected chi connectivity index (χ4v) is 4.48. The quantitative estimate of drug-likeness (QED) is 0.558. The van der Waals surface area contributed by atoms with Crippen molar-refractivity contribution in [1.82, 2.24) is 4.31 Å². The van der Waals surface area contributed by atoms with Gasteiger partial charge < -0.3 is 10.1 Å². The van der Waals surface area contributed by atoms with E-state index >= 15 is 0 Å². The number of unbranched alkanes of at least 4 members (excludes halogenated alkanes) is 2. The molecule has 29 heavy (non-hydrogen) atoms. The molecule has 0 aromatic heterocycles. The van der Waals surface area contributed by atoms with Crippen molar-refractivity contribution in [2.24, 2.45) is 0 Å². The van der Waals surface area contributed by atoms with Crippen LogP contribution < -0.4 is 10.1 Å². The van der Waals surface area contributed by atoms with Crippen LogP contribution >= 0.6 is 0 Å². The molecule has 0 aliphatic rings. The third-order valence-electron chi connectivity index (χ3n) is 4.63. The lowest BCUT2D eigenvalue weighted by Crippen LogP contribution is -2.34. The molecule has 0 aliphatic carbocycles. The molecule has 2 rings (SSSR count). The van der Waals surface area contributed by atoms with Gasteiger partial charge in [-0.1, -0.05) is 31.9 Å². The van der Waals surface area contributed by atoms with Gasteiger partial charge in [-0.05, 0) is 54.8 Å². The van der Waals surface area contributed by atoms with Crippen LogP contribution in [0.15, 0.2) is 53.4 Å². The number of ether oxygens (including phenoxy) is 1. The average Bonchev–Trinajstić information content (AvgIpc) is 2.70. The fourth-order valence-electron chi connectivity index (χ4n) is 3.00. The van der Waals surface area contributed by atoms with E-state index in [9.17, 15) is 13.2 Å². The van der Waals surface area contributed by atoms with Crippen molar-refractivity contribution in [2.75, 3.05) is 25.5 Å². The van der Waals surface area contributed by atoms with Crippen LogP contribution in [0.1, 0.15) is 38.7 Å². The number of anilines is 1. The number of methoxy groups -OCH3 is 1. The van der Waals surface area contributed by atoms with Crippen LogP contribution in [0.3, 0.4) is 0 Å². The molecule has 0 saturated heterocycles. The molecule has 1 N–H and O–H groups in total. The van der Waals surface area contributed by atoms with Crippen molar-refractivity contribution in [1.29, 1.82) is 0 Å². The number of rotatable bonds is 11. The molecule has 1 amide bonds. The number of nitrogens with zero attached hydrogens (tertiary/aromatic N) is 1. The zero-order valence-corrected chi connectivity index (χ0v) is 18.2. The van der Waals surface area contributed by atoms with Crippen LogP contribution in [0.2, 0.25) is 0 Å². The van der Waals surface area contributed by atoms with E-state index in [4.69, 9.17) is 4.74 Å². The minimum absolute atomic E-state index is 0.193. The number of nitrogens with one attached hydrogen (secondary N) is 1. The molecule has 6 nitrogen and oxygen atoms in total. The molecule has 0 atom stereocenters. The molecule has 158 valence electrons. The Balaban J connectivity index is 2.15. The second-order valence-corrected chi connectivity index (χ2v) is 8.85. The maximum absolute atomic E-state index is 13.2. The van der Waals surface area contributed by atoms with Gasteiger partial charge in [0.1, 0.15) is 5.75 Å². The smallest absolute Gasteiger partial charge is 0.243 e. The topological polar surface area (TPSA) is 75.7 Å². The molecule has 0 fully saturated rings. The number of hydrogen-bond acceptors (Lipinski definition) is 4. The highest BCUT2D eigenvalue weighted by Gasteiger charge is 2.24. The van der Waals surface area contributed by atoms with Crippen molar-refractivity contribution in [3.8, 4) is 5.75 Å². The Morgan fingerprint density at radius 2 is 1.66 bits per heavy atom. The molecule has 7 heteroatoms. The summed E-state index contributed by atoms with van der Waals surface area (Å²) in [5.41, 5.74) is 1.63. The van der Waals surface area contributed by atoms with Gasteiger partial charge in [0.05, 0.1) is 12.0 Å². The third-order valence-corrected chi connectivity index (χ3v) is 6.55. The molecule has 0 saturated carbocycles. The Morgan fingerprint density at radius 3 is 2.21 bits per heavy atom. The lowest BCUT2D eigenvalue weighted by molar-refractivity contribution is -0.114. The van der Waals surface area contributed by atoms with Crippen molar-refractivity contribution < 1.29 is 17.9 Å². The number of benzene rings is 2. The number of carbonyl (C=O) groups is 1. The van der Waals surface area contributed by atoms with Gasteiger partial charge in [-0.2, -0.15) is 4.31 Å². The van der Waals surface area contributed by atoms with Crippen LogP contribution in [0.5, 0.6) is 5.75 Å². The van der Waals surface area contributed by atoms with Crippen molar-refractivity contribution in [3.05, 3.63) is 54.1 Å². The van der Waals surface area contributed by atoms with Gasteiger partial charge in [0.15, 0.2) is 0 Å². The second kappa shape index (κ2) is 11.0. The molecule has 0 bridgehead atoms. The SMILES string of the molecule is CCCCCN(CCc1ccc(OC)cc1)S(=O)(=O)c1ccc(NC(C)=O)cc1. The van der Waals surface area contributed by atoms with E-state index in [1.165, 1.54) is 6.92 Å². The summed E-state index contributed by atoms with van der Waals surface area (Å²) in [4.78, 5) is 11.4. The summed E-state index contributed by atoms with van der Waals surface area (Å²) in [5, 5.41) is 2.65. The lowest BCUT2D eigenvalue weighted by Gasteiger charge is -2.22. The summed E-state index contributed by atoms with van der Waals surface area (Å²) in [7, 11) is -1.99. The molecule has 2 aromatic rings. The largest absolute Gasteiger partial charge is 0.497 e. The highest BCUT2D eigenvalue weighted by Crippen LogP contribution is 2.20. The minimum atomic E-state index is -3.61. The minimum Gasteiger partial charge on any atom is -0.497 e. The maximum atomic E-state index is 13.2. The first-order chi connectivity index (χ1) is 13.9. The normalized spacial score (nSPS) is 11.4. The van der Waals surface area contributed by atoms with E-state index in [0.29, 0.717) is 25.2 Å². The standard InChI is InChI=1S/C22H30N2O4S/c1-4-5-6-16-24(17-15-19-7-11-21(28-3)12-8-19)29(26,27)22-13-9-20(10-14-22)23-18(2)25/h7-14H,4-6,15-17H2,1-3H3,(H,23,25). The maximum Gasteiger partial charge on any atom is 0.243 e. The fraction of sp³-hybridized carbons (Fsp3) is 0.409. The Labute approximate surface area is 173 Å². The molecule has 0 heterocycles. The highest BCUT2D eigenvalue weighted by atomic mass is 32.2. The molecule has 0 spiro atoms. The van der Waals surface area contributed by atoms with Gasteiger partial charge in [0, 0.05) is 25.7 Å². The Morgan fingerprint density at radius 1 is 1.00 bits per heavy atom. The Bertz CT molecular complexity index is 878. The van der Waals surface area contributed by atoms with Crippen LogP contribution in [0.4, 0.5) is 5.69 Å². The molecular formula is C22H30N2O4S. The molecular weight excluding hydrogens is 388 g/mol. The number of hydrogen-bond donors (Lipinski definition) is 1. The van der Waals surface area contributed by atoms with E-state index in [-0.39, 0.29) is 10.8 Å². The Kier molecular flexibility index (Phi) is 8.67. The first-order valence-electron chi connectivity index (χ1n) is 9.87. The monoisotopic (exact) mass is 418 g/mol. The van der Waals surface area contributed by atoms with Gasteiger partial charge >= 0.3 is 0 Å². The first kappa shape index (κ1) is 22.9. The van der Waals surface area contributed by atoms with Gasteiger partial charge in [-0.15, -0.1) is 0 Å². The summed E-state index contributed by atoms with van der Waals surface area (Å²) < 4.78 is 33.1. The van der Waals surface area contributed by atoms with Crippen LogP contribution in [-0.2, 0) is 21.2 Å².